The topological polar surface area (TPSA) is 70.0 Å². The summed E-state index contributed by atoms with van der Waals surface area (Å²) in [5.74, 6) is 0.826. The highest BCUT2D eigenvalue weighted by atomic mass is 32.2. The van der Waals surface area contributed by atoms with Gasteiger partial charge in [-0.2, -0.15) is 5.10 Å². The number of pyridine rings is 1. The van der Waals surface area contributed by atoms with Crippen molar-refractivity contribution in [3.63, 3.8) is 0 Å². The average molecular weight is 452 g/mol. The SMILES string of the molecule is C[C@H](c1ccc(-c2cccn3nc(NC(=O)C4CC4)cc23)cc1)N1CCN(S(C)=O)CC1. The molecule has 1 unspecified atom stereocenters. The molecule has 3 aromatic rings. The summed E-state index contributed by atoms with van der Waals surface area (Å²) in [6.07, 6.45) is 5.61. The number of nitrogens with one attached hydrogen (secondary N) is 1. The van der Waals surface area contributed by atoms with Gasteiger partial charge in [0.25, 0.3) is 0 Å². The lowest BCUT2D eigenvalue weighted by atomic mass is 10.00. The number of fused-ring (bicyclic) bond motifs is 1. The Bertz CT molecular complexity index is 1150. The first-order valence-corrected chi connectivity index (χ1v) is 12.7. The lowest BCUT2D eigenvalue weighted by molar-refractivity contribution is -0.117. The molecule has 1 amide bonds. The van der Waals surface area contributed by atoms with E-state index >= 15 is 0 Å². The van der Waals surface area contributed by atoms with E-state index in [1.807, 2.05) is 27.2 Å². The maximum Gasteiger partial charge on any atom is 0.228 e. The number of benzene rings is 1. The van der Waals surface area contributed by atoms with Crippen molar-refractivity contribution in [1.82, 2.24) is 18.8 Å². The minimum absolute atomic E-state index is 0.0688. The molecule has 1 N–H and O–H groups in total. The third-order valence-electron chi connectivity index (χ3n) is 6.59. The minimum atomic E-state index is -0.885. The van der Waals surface area contributed by atoms with Crippen molar-refractivity contribution in [1.29, 1.82) is 0 Å². The number of carbonyl (C=O) groups excluding carboxylic acids is 1. The zero-order valence-corrected chi connectivity index (χ0v) is 19.3. The highest BCUT2D eigenvalue weighted by Gasteiger charge is 2.30. The van der Waals surface area contributed by atoms with Crippen molar-refractivity contribution in [2.45, 2.75) is 25.8 Å². The molecule has 1 aliphatic heterocycles. The second-order valence-corrected chi connectivity index (χ2v) is 10.1. The summed E-state index contributed by atoms with van der Waals surface area (Å²) in [4.78, 5) is 14.6. The number of amides is 1. The molecule has 2 fully saturated rings. The molecule has 2 atom stereocenters. The Morgan fingerprint density at radius 2 is 1.84 bits per heavy atom. The van der Waals surface area contributed by atoms with Crippen LogP contribution in [0.2, 0.25) is 0 Å². The number of hydrogen-bond donors (Lipinski definition) is 1. The third kappa shape index (κ3) is 4.35. The van der Waals surface area contributed by atoms with Crippen LogP contribution >= 0.6 is 0 Å². The molecule has 2 aromatic heterocycles. The largest absolute Gasteiger partial charge is 0.309 e. The highest BCUT2D eigenvalue weighted by Crippen LogP contribution is 2.32. The predicted octanol–water partition coefficient (Wildman–Crippen LogP) is 3.32. The van der Waals surface area contributed by atoms with Crippen molar-refractivity contribution in [3.8, 4) is 11.1 Å². The van der Waals surface area contributed by atoms with E-state index < -0.39 is 11.0 Å². The van der Waals surface area contributed by atoms with Crippen LogP contribution in [-0.4, -0.2) is 61.4 Å². The number of nitrogens with zero attached hydrogens (tertiary/aromatic N) is 4. The van der Waals surface area contributed by atoms with Crippen LogP contribution in [0.25, 0.3) is 16.6 Å². The van der Waals surface area contributed by atoms with Gasteiger partial charge in [-0.3, -0.25) is 9.69 Å². The van der Waals surface area contributed by atoms with Crippen molar-refractivity contribution >= 4 is 28.2 Å². The Labute approximate surface area is 191 Å². The monoisotopic (exact) mass is 451 g/mol. The molecule has 1 saturated carbocycles. The highest BCUT2D eigenvalue weighted by molar-refractivity contribution is 7.81. The molecule has 1 aliphatic carbocycles. The molecule has 7 nitrogen and oxygen atoms in total. The van der Waals surface area contributed by atoms with Gasteiger partial charge in [0.2, 0.25) is 5.91 Å². The lowest BCUT2D eigenvalue weighted by Gasteiger charge is -2.37. The summed E-state index contributed by atoms with van der Waals surface area (Å²) < 4.78 is 15.5. The fraction of sp³-hybridized carbons (Fsp3) is 0.417. The Morgan fingerprint density at radius 1 is 1.12 bits per heavy atom. The molecule has 1 saturated heterocycles. The van der Waals surface area contributed by atoms with Gasteiger partial charge in [-0.1, -0.05) is 30.3 Å². The van der Waals surface area contributed by atoms with Gasteiger partial charge in [0, 0.05) is 62.2 Å². The maximum absolute atomic E-state index is 12.1. The molecular formula is C24H29N5O2S. The normalized spacial score (nSPS) is 19.7. The molecule has 32 heavy (non-hydrogen) atoms. The van der Waals surface area contributed by atoms with Crippen LogP contribution in [-0.2, 0) is 15.8 Å². The number of hydrogen-bond acceptors (Lipinski definition) is 4. The van der Waals surface area contributed by atoms with Gasteiger partial charge in [-0.05, 0) is 37.0 Å². The zero-order valence-electron chi connectivity index (χ0n) is 18.5. The minimum Gasteiger partial charge on any atom is -0.309 e. The van der Waals surface area contributed by atoms with Gasteiger partial charge in [-0.15, -0.1) is 0 Å². The number of carbonyl (C=O) groups is 1. The van der Waals surface area contributed by atoms with E-state index in [4.69, 9.17) is 0 Å². The van der Waals surface area contributed by atoms with Crippen LogP contribution < -0.4 is 5.32 Å². The van der Waals surface area contributed by atoms with Crippen LogP contribution in [0.4, 0.5) is 5.82 Å². The molecule has 3 heterocycles. The van der Waals surface area contributed by atoms with Crippen molar-refractivity contribution < 1.29 is 9.00 Å². The van der Waals surface area contributed by atoms with Gasteiger partial charge in [0.05, 0.1) is 16.5 Å². The van der Waals surface area contributed by atoms with E-state index in [0.717, 1.165) is 55.7 Å². The molecule has 0 bridgehead atoms. The average Bonchev–Trinajstić information content (AvgIpc) is 3.58. The number of anilines is 1. The Balaban J connectivity index is 1.33. The first-order chi connectivity index (χ1) is 15.5. The first-order valence-electron chi connectivity index (χ1n) is 11.2. The molecule has 5 rings (SSSR count). The summed E-state index contributed by atoms with van der Waals surface area (Å²) in [5.41, 5.74) is 4.46. The van der Waals surface area contributed by atoms with E-state index in [0.29, 0.717) is 11.9 Å². The fourth-order valence-electron chi connectivity index (χ4n) is 4.39. The van der Waals surface area contributed by atoms with Crippen molar-refractivity contribution in [2.24, 2.45) is 5.92 Å². The summed E-state index contributed by atoms with van der Waals surface area (Å²) >= 11 is 0. The number of piperazine rings is 1. The molecular weight excluding hydrogens is 422 g/mol. The standard InChI is InChI=1S/C24H29N5O2S/c1-17(27-12-14-28(15-13-27)32(2)31)18-5-7-19(8-6-18)21-4-3-11-29-22(21)16-23(26-29)25-24(30)20-9-10-20/h3-8,11,16-17,20H,9-10,12-15H2,1-2H3,(H,25,26,30)/t17-,32?/m1/s1. The molecule has 168 valence electrons. The van der Waals surface area contributed by atoms with E-state index in [-0.39, 0.29) is 11.8 Å². The fourth-order valence-corrected chi connectivity index (χ4v) is 5.07. The van der Waals surface area contributed by atoms with E-state index in [9.17, 15) is 9.00 Å². The van der Waals surface area contributed by atoms with Gasteiger partial charge in [0.15, 0.2) is 5.82 Å². The van der Waals surface area contributed by atoms with Crippen LogP contribution in [0, 0.1) is 5.92 Å². The Hall–Kier alpha value is -2.55. The summed E-state index contributed by atoms with van der Waals surface area (Å²) in [5, 5.41) is 7.47. The molecule has 0 radical (unpaired) electrons. The van der Waals surface area contributed by atoms with Gasteiger partial charge < -0.3 is 5.32 Å². The van der Waals surface area contributed by atoms with E-state index in [1.54, 1.807) is 6.26 Å². The van der Waals surface area contributed by atoms with Crippen molar-refractivity contribution in [3.05, 3.63) is 54.2 Å². The van der Waals surface area contributed by atoms with Crippen LogP contribution in [0.15, 0.2) is 48.7 Å². The maximum atomic E-state index is 12.1. The van der Waals surface area contributed by atoms with Gasteiger partial charge in [0.1, 0.15) is 0 Å². The Kier molecular flexibility index (Phi) is 5.84. The van der Waals surface area contributed by atoms with Gasteiger partial charge in [-0.25, -0.2) is 13.0 Å². The lowest BCUT2D eigenvalue weighted by Crippen LogP contribution is -2.47. The van der Waals surface area contributed by atoms with Crippen LogP contribution in [0.5, 0.6) is 0 Å². The van der Waals surface area contributed by atoms with Gasteiger partial charge >= 0.3 is 0 Å². The molecule has 0 spiro atoms. The smallest absolute Gasteiger partial charge is 0.228 e. The summed E-state index contributed by atoms with van der Waals surface area (Å²) in [6, 6.07) is 15.0. The summed E-state index contributed by atoms with van der Waals surface area (Å²) in [7, 11) is -0.885. The third-order valence-corrected chi connectivity index (χ3v) is 7.68. The molecule has 8 heteroatoms. The number of rotatable bonds is 6. The Morgan fingerprint density at radius 3 is 2.50 bits per heavy atom. The van der Waals surface area contributed by atoms with E-state index in [2.05, 4.69) is 52.6 Å². The van der Waals surface area contributed by atoms with Crippen LogP contribution in [0.1, 0.15) is 31.4 Å². The molecule has 2 aliphatic rings. The first kappa shape index (κ1) is 21.3. The van der Waals surface area contributed by atoms with Crippen LogP contribution in [0.3, 0.4) is 0 Å². The molecule has 1 aromatic carbocycles. The second kappa shape index (κ2) is 8.77. The van der Waals surface area contributed by atoms with Crippen molar-refractivity contribution in [2.75, 3.05) is 37.8 Å². The predicted molar refractivity (Wildman–Crippen MR) is 128 cm³/mol. The second-order valence-electron chi connectivity index (χ2n) is 8.73. The number of aromatic nitrogens is 2. The van der Waals surface area contributed by atoms with E-state index in [1.165, 1.54) is 5.56 Å². The quantitative estimate of drug-likeness (QED) is 0.624. The zero-order chi connectivity index (χ0) is 22.2. The summed E-state index contributed by atoms with van der Waals surface area (Å²) in [6.45, 7) is 5.77.